The first-order valence-corrected chi connectivity index (χ1v) is 8.76. The highest BCUT2D eigenvalue weighted by molar-refractivity contribution is 7.89. The van der Waals surface area contributed by atoms with Crippen LogP contribution in [0.3, 0.4) is 0 Å². The van der Waals surface area contributed by atoms with Crippen molar-refractivity contribution in [3.05, 3.63) is 29.9 Å². The maximum atomic E-state index is 12.6. The summed E-state index contributed by atoms with van der Waals surface area (Å²) in [6.45, 7) is 2.02. The third kappa shape index (κ3) is 2.71. The lowest BCUT2D eigenvalue weighted by atomic mass is 10.4. The third-order valence-electron chi connectivity index (χ3n) is 3.31. The van der Waals surface area contributed by atoms with Gasteiger partial charge in [-0.3, -0.25) is 0 Å². The molecule has 1 aliphatic rings. The van der Waals surface area contributed by atoms with Gasteiger partial charge in [-0.05, 0) is 12.1 Å². The highest BCUT2D eigenvalue weighted by Gasteiger charge is 2.31. The molecule has 0 aromatic carbocycles. The van der Waals surface area contributed by atoms with Crippen molar-refractivity contribution in [3.8, 4) is 0 Å². The summed E-state index contributed by atoms with van der Waals surface area (Å²) in [6.07, 6.45) is 3.19. The molecule has 112 valence electrons. The summed E-state index contributed by atoms with van der Waals surface area (Å²) in [5, 5.41) is 2.77. The molecule has 2 N–H and O–H groups in total. The number of piperazine rings is 1. The molecule has 1 aliphatic heterocycles. The van der Waals surface area contributed by atoms with E-state index in [2.05, 4.69) is 14.9 Å². The third-order valence-corrected chi connectivity index (χ3v) is 6.02. The first-order valence-electron chi connectivity index (χ1n) is 6.44. The molecule has 0 spiro atoms. The average molecular weight is 325 g/mol. The molecule has 0 bridgehead atoms. The van der Waals surface area contributed by atoms with Gasteiger partial charge in [0.05, 0.1) is 5.69 Å². The summed E-state index contributed by atoms with van der Waals surface area (Å²) in [5.74, 6) is 0. The molecular weight excluding hydrogens is 310 g/mol. The Morgan fingerprint density at radius 3 is 2.52 bits per heavy atom. The molecule has 0 saturated carbocycles. The maximum absolute atomic E-state index is 12.6. The number of pyridine rings is 1. The van der Waals surface area contributed by atoms with E-state index in [0.717, 1.165) is 5.13 Å². The van der Waals surface area contributed by atoms with E-state index in [4.69, 9.17) is 5.73 Å². The molecule has 0 amide bonds. The molecule has 2 aromatic heterocycles. The first kappa shape index (κ1) is 14.2. The Labute approximate surface area is 127 Å². The van der Waals surface area contributed by atoms with E-state index >= 15 is 0 Å². The second-order valence-electron chi connectivity index (χ2n) is 4.60. The Hall–Kier alpha value is -1.71. The smallest absolute Gasteiger partial charge is 0.262 e. The van der Waals surface area contributed by atoms with Gasteiger partial charge in [0.1, 0.15) is 0 Å². The summed E-state index contributed by atoms with van der Waals surface area (Å²) in [4.78, 5) is 10.2. The van der Waals surface area contributed by atoms with Crippen molar-refractivity contribution in [3.63, 3.8) is 0 Å². The van der Waals surface area contributed by atoms with Gasteiger partial charge >= 0.3 is 0 Å². The van der Waals surface area contributed by atoms with Gasteiger partial charge in [-0.15, -0.1) is 11.3 Å². The fourth-order valence-corrected chi connectivity index (χ4v) is 4.38. The zero-order chi connectivity index (χ0) is 14.9. The van der Waals surface area contributed by atoms with E-state index in [1.54, 1.807) is 29.7 Å². The number of rotatable bonds is 3. The van der Waals surface area contributed by atoms with Gasteiger partial charge in [-0.1, -0.05) is 0 Å². The van der Waals surface area contributed by atoms with Gasteiger partial charge in [0.2, 0.25) is 0 Å². The Morgan fingerprint density at radius 1 is 1.14 bits per heavy atom. The normalized spacial score (nSPS) is 17.0. The topological polar surface area (TPSA) is 92.4 Å². The Morgan fingerprint density at radius 2 is 1.90 bits per heavy atom. The van der Waals surface area contributed by atoms with Crippen molar-refractivity contribution in [1.29, 1.82) is 0 Å². The summed E-state index contributed by atoms with van der Waals surface area (Å²) >= 11 is 1.55. The standard InChI is InChI=1S/C12H15N5O2S2/c13-10-2-1-3-14-11(10)21(18,19)17-7-5-16(6-8-17)12-15-4-9-20-12/h1-4,9H,5-8,13H2. The minimum Gasteiger partial charge on any atom is -0.396 e. The highest BCUT2D eigenvalue weighted by Crippen LogP contribution is 2.23. The molecule has 7 nitrogen and oxygen atoms in total. The summed E-state index contributed by atoms with van der Waals surface area (Å²) in [5.41, 5.74) is 5.91. The fourth-order valence-electron chi connectivity index (χ4n) is 2.23. The van der Waals surface area contributed by atoms with Crippen molar-refractivity contribution >= 4 is 32.2 Å². The monoisotopic (exact) mass is 325 g/mol. The van der Waals surface area contributed by atoms with Crippen LogP contribution in [0.4, 0.5) is 10.8 Å². The number of thiazole rings is 1. The van der Waals surface area contributed by atoms with Crippen LogP contribution in [-0.4, -0.2) is 48.9 Å². The molecule has 2 aromatic rings. The average Bonchev–Trinajstić information content (AvgIpc) is 3.02. The van der Waals surface area contributed by atoms with Crippen molar-refractivity contribution in [1.82, 2.24) is 14.3 Å². The van der Waals surface area contributed by atoms with Crippen LogP contribution in [0.25, 0.3) is 0 Å². The lowest BCUT2D eigenvalue weighted by Gasteiger charge is -2.33. The molecule has 1 saturated heterocycles. The Bertz CT molecular complexity index is 709. The Kier molecular flexibility index (Phi) is 3.79. The van der Waals surface area contributed by atoms with Crippen LogP contribution in [0, 0.1) is 0 Å². The second-order valence-corrected chi connectivity index (χ2v) is 7.33. The number of nitrogen functional groups attached to an aromatic ring is 1. The zero-order valence-electron chi connectivity index (χ0n) is 11.2. The van der Waals surface area contributed by atoms with Crippen molar-refractivity contribution < 1.29 is 8.42 Å². The minimum atomic E-state index is -3.63. The molecule has 3 rings (SSSR count). The van der Waals surface area contributed by atoms with E-state index < -0.39 is 10.0 Å². The molecule has 0 unspecified atom stereocenters. The van der Waals surface area contributed by atoms with Gasteiger partial charge in [0.15, 0.2) is 10.2 Å². The fraction of sp³-hybridized carbons (Fsp3) is 0.333. The number of aromatic nitrogens is 2. The van der Waals surface area contributed by atoms with Crippen LogP contribution in [0.2, 0.25) is 0 Å². The van der Waals surface area contributed by atoms with E-state index in [-0.39, 0.29) is 10.7 Å². The van der Waals surface area contributed by atoms with Crippen molar-refractivity contribution in [2.75, 3.05) is 36.8 Å². The number of sulfonamides is 1. The summed E-state index contributed by atoms with van der Waals surface area (Å²) < 4.78 is 26.5. The molecule has 0 aliphatic carbocycles. The first-order chi connectivity index (χ1) is 10.1. The van der Waals surface area contributed by atoms with E-state index in [1.165, 1.54) is 10.5 Å². The second kappa shape index (κ2) is 5.58. The summed E-state index contributed by atoms with van der Waals surface area (Å²) in [6, 6.07) is 3.17. The van der Waals surface area contributed by atoms with Gasteiger partial charge in [0, 0.05) is 44.0 Å². The predicted molar refractivity (Wildman–Crippen MR) is 81.7 cm³/mol. The zero-order valence-corrected chi connectivity index (χ0v) is 12.8. The molecular formula is C12H15N5O2S2. The SMILES string of the molecule is Nc1cccnc1S(=O)(=O)N1CCN(c2nccs2)CC1. The largest absolute Gasteiger partial charge is 0.396 e. The highest BCUT2D eigenvalue weighted by atomic mass is 32.2. The van der Waals surface area contributed by atoms with Crippen molar-refractivity contribution in [2.24, 2.45) is 0 Å². The minimum absolute atomic E-state index is 0.0623. The van der Waals surface area contributed by atoms with Gasteiger partial charge in [-0.2, -0.15) is 4.31 Å². The lowest BCUT2D eigenvalue weighted by molar-refractivity contribution is 0.383. The summed E-state index contributed by atoms with van der Waals surface area (Å²) in [7, 11) is -3.63. The van der Waals surface area contributed by atoms with Gasteiger partial charge in [-0.25, -0.2) is 18.4 Å². The molecule has 3 heterocycles. The van der Waals surface area contributed by atoms with Gasteiger partial charge in [0.25, 0.3) is 10.0 Å². The Balaban J connectivity index is 1.76. The number of hydrogen-bond donors (Lipinski definition) is 1. The predicted octanol–water partition coefficient (Wildman–Crippen LogP) is 0.631. The number of anilines is 2. The molecule has 21 heavy (non-hydrogen) atoms. The van der Waals surface area contributed by atoms with Crippen LogP contribution < -0.4 is 10.6 Å². The van der Waals surface area contributed by atoms with Crippen LogP contribution in [0.1, 0.15) is 0 Å². The number of hydrogen-bond acceptors (Lipinski definition) is 7. The van der Waals surface area contributed by atoms with E-state index in [0.29, 0.717) is 26.2 Å². The van der Waals surface area contributed by atoms with E-state index in [1.807, 2.05) is 5.38 Å². The van der Waals surface area contributed by atoms with Crippen molar-refractivity contribution in [2.45, 2.75) is 5.03 Å². The maximum Gasteiger partial charge on any atom is 0.262 e. The lowest BCUT2D eigenvalue weighted by Crippen LogP contribution is -2.48. The quantitative estimate of drug-likeness (QED) is 0.890. The molecule has 1 fully saturated rings. The van der Waals surface area contributed by atoms with Crippen LogP contribution in [0.5, 0.6) is 0 Å². The molecule has 9 heteroatoms. The van der Waals surface area contributed by atoms with Crippen LogP contribution in [0.15, 0.2) is 34.9 Å². The molecule has 0 atom stereocenters. The van der Waals surface area contributed by atoms with E-state index in [9.17, 15) is 8.42 Å². The number of nitrogens with two attached hydrogens (primary N) is 1. The number of nitrogens with zero attached hydrogens (tertiary/aromatic N) is 4. The van der Waals surface area contributed by atoms with Gasteiger partial charge < -0.3 is 10.6 Å². The van der Waals surface area contributed by atoms with Crippen LogP contribution >= 0.6 is 11.3 Å². The molecule has 0 radical (unpaired) electrons. The van der Waals surface area contributed by atoms with Crippen LogP contribution in [-0.2, 0) is 10.0 Å².